The highest BCUT2D eigenvalue weighted by atomic mass is 16.6. The summed E-state index contributed by atoms with van der Waals surface area (Å²) < 4.78 is 0. The van der Waals surface area contributed by atoms with Crippen LogP contribution in [-0.2, 0) is 0 Å². The summed E-state index contributed by atoms with van der Waals surface area (Å²) in [5, 5.41) is 23.1. The number of hydrogen-bond donors (Lipinski definition) is 2. The van der Waals surface area contributed by atoms with Gasteiger partial charge in [0.2, 0.25) is 5.82 Å². The van der Waals surface area contributed by atoms with E-state index >= 15 is 0 Å². The first-order chi connectivity index (χ1) is 9.09. The van der Waals surface area contributed by atoms with Crippen LogP contribution in [0.5, 0.6) is 0 Å². The highest BCUT2D eigenvalue weighted by molar-refractivity contribution is 5.86. The lowest BCUT2D eigenvalue weighted by Gasteiger charge is -2.20. The quantitative estimate of drug-likeness (QED) is 0.605. The summed E-state index contributed by atoms with van der Waals surface area (Å²) in [7, 11) is 0. The van der Waals surface area contributed by atoms with Crippen LogP contribution >= 0.6 is 0 Å². The molecular formula is C11H14N4O4. The van der Waals surface area contributed by atoms with Crippen LogP contribution in [0.1, 0.15) is 16.9 Å². The predicted octanol–water partition coefficient (Wildman–Crippen LogP) is 0.488. The number of nitrogens with zero attached hydrogens (tertiary/aromatic N) is 3. The van der Waals surface area contributed by atoms with Crippen LogP contribution in [0.25, 0.3) is 0 Å². The number of anilines is 1. The third kappa shape index (κ3) is 2.97. The molecule has 0 amide bonds. The third-order valence-electron chi connectivity index (χ3n) is 2.91. The van der Waals surface area contributed by atoms with E-state index in [9.17, 15) is 14.9 Å². The number of carboxylic acids is 1. The number of nitro groups is 1. The van der Waals surface area contributed by atoms with Gasteiger partial charge in [-0.05, 0) is 19.0 Å². The molecule has 0 saturated carbocycles. The molecule has 1 aromatic heterocycles. The Kier molecular flexibility index (Phi) is 3.91. The van der Waals surface area contributed by atoms with Gasteiger partial charge in [-0.15, -0.1) is 0 Å². The maximum atomic E-state index is 11.0. The molecule has 0 atom stereocenters. The second-order valence-electron chi connectivity index (χ2n) is 4.19. The number of aromatic carboxylic acids is 1. The average Bonchev–Trinajstić information content (AvgIpc) is 2.66. The first kappa shape index (κ1) is 13.2. The molecular weight excluding hydrogens is 252 g/mol. The van der Waals surface area contributed by atoms with Crippen molar-refractivity contribution in [3.05, 3.63) is 27.9 Å². The SMILES string of the molecule is O=C(O)c1ccc([N+](=O)[O-])c(N2CCCNCC2)n1. The number of nitrogens with one attached hydrogen (secondary N) is 1. The number of aromatic nitrogens is 1. The van der Waals surface area contributed by atoms with Gasteiger partial charge in [0.1, 0.15) is 0 Å². The Morgan fingerprint density at radius 3 is 2.89 bits per heavy atom. The molecule has 1 aromatic rings. The zero-order chi connectivity index (χ0) is 13.8. The molecule has 0 aliphatic carbocycles. The van der Waals surface area contributed by atoms with Gasteiger partial charge in [0.15, 0.2) is 5.69 Å². The standard InChI is InChI=1S/C11H14N4O4/c16-11(17)8-2-3-9(15(18)19)10(13-8)14-6-1-4-12-5-7-14/h2-3,12H,1,4-7H2,(H,16,17). The van der Waals surface area contributed by atoms with Gasteiger partial charge < -0.3 is 15.3 Å². The van der Waals surface area contributed by atoms with Crippen molar-refractivity contribution in [3.63, 3.8) is 0 Å². The Labute approximate surface area is 109 Å². The molecule has 0 aromatic carbocycles. The molecule has 1 saturated heterocycles. The minimum absolute atomic E-state index is 0.133. The highest BCUT2D eigenvalue weighted by Gasteiger charge is 2.23. The molecule has 1 aliphatic rings. The van der Waals surface area contributed by atoms with Gasteiger partial charge in [0.05, 0.1) is 4.92 Å². The van der Waals surface area contributed by atoms with E-state index in [1.165, 1.54) is 6.07 Å². The van der Waals surface area contributed by atoms with Crippen molar-refractivity contribution < 1.29 is 14.8 Å². The molecule has 2 rings (SSSR count). The molecule has 102 valence electrons. The fourth-order valence-electron chi connectivity index (χ4n) is 1.99. The summed E-state index contributed by atoms with van der Waals surface area (Å²) >= 11 is 0. The van der Waals surface area contributed by atoms with Crippen LogP contribution < -0.4 is 10.2 Å². The van der Waals surface area contributed by atoms with Crippen LogP contribution in [0.2, 0.25) is 0 Å². The maximum Gasteiger partial charge on any atom is 0.354 e. The largest absolute Gasteiger partial charge is 0.477 e. The lowest BCUT2D eigenvalue weighted by Crippen LogP contribution is -2.29. The van der Waals surface area contributed by atoms with Crippen LogP contribution in [0.4, 0.5) is 11.5 Å². The van der Waals surface area contributed by atoms with Crippen molar-refractivity contribution in [2.24, 2.45) is 0 Å². The Balaban J connectivity index is 2.41. The van der Waals surface area contributed by atoms with Crippen molar-refractivity contribution >= 4 is 17.5 Å². The van der Waals surface area contributed by atoms with E-state index in [0.717, 1.165) is 19.0 Å². The Morgan fingerprint density at radius 1 is 1.42 bits per heavy atom. The number of hydrogen-bond acceptors (Lipinski definition) is 6. The Bertz CT molecular complexity index is 497. The van der Waals surface area contributed by atoms with E-state index in [4.69, 9.17) is 5.11 Å². The molecule has 19 heavy (non-hydrogen) atoms. The van der Waals surface area contributed by atoms with Crippen LogP contribution in [0.3, 0.4) is 0 Å². The first-order valence-electron chi connectivity index (χ1n) is 5.94. The van der Waals surface area contributed by atoms with Crippen molar-refractivity contribution in [2.45, 2.75) is 6.42 Å². The summed E-state index contributed by atoms with van der Waals surface area (Å²) in [4.78, 5) is 27.1. The summed E-state index contributed by atoms with van der Waals surface area (Å²) in [6, 6.07) is 2.35. The van der Waals surface area contributed by atoms with E-state index in [1.807, 2.05) is 0 Å². The van der Waals surface area contributed by atoms with E-state index in [0.29, 0.717) is 19.6 Å². The van der Waals surface area contributed by atoms with Crippen LogP contribution in [0, 0.1) is 10.1 Å². The Morgan fingerprint density at radius 2 is 2.21 bits per heavy atom. The molecule has 0 spiro atoms. The van der Waals surface area contributed by atoms with Gasteiger partial charge in [0.25, 0.3) is 0 Å². The van der Waals surface area contributed by atoms with Gasteiger partial charge >= 0.3 is 11.7 Å². The van der Waals surface area contributed by atoms with Crippen LogP contribution in [0.15, 0.2) is 12.1 Å². The van der Waals surface area contributed by atoms with Gasteiger partial charge in [0, 0.05) is 25.7 Å². The lowest BCUT2D eigenvalue weighted by molar-refractivity contribution is -0.384. The van der Waals surface area contributed by atoms with E-state index in [-0.39, 0.29) is 17.2 Å². The fourth-order valence-corrected chi connectivity index (χ4v) is 1.99. The second-order valence-corrected chi connectivity index (χ2v) is 4.19. The minimum atomic E-state index is -1.19. The number of carboxylic acid groups (broad SMARTS) is 1. The molecule has 1 aliphatic heterocycles. The van der Waals surface area contributed by atoms with E-state index in [1.54, 1.807) is 4.90 Å². The first-order valence-corrected chi connectivity index (χ1v) is 5.94. The van der Waals surface area contributed by atoms with Crippen molar-refractivity contribution in [3.8, 4) is 0 Å². The highest BCUT2D eigenvalue weighted by Crippen LogP contribution is 2.26. The van der Waals surface area contributed by atoms with E-state index < -0.39 is 10.9 Å². The Hall–Kier alpha value is -2.22. The third-order valence-corrected chi connectivity index (χ3v) is 2.91. The molecule has 0 unspecified atom stereocenters. The summed E-state index contributed by atoms with van der Waals surface area (Å²) in [6.45, 7) is 2.71. The van der Waals surface area contributed by atoms with Crippen molar-refractivity contribution in [1.29, 1.82) is 0 Å². The maximum absolute atomic E-state index is 11.0. The van der Waals surface area contributed by atoms with Gasteiger partial charge in [-0.2, -0.15) is 0 Å². The second kappa shape index (κ2) is 5.61. The number of pyridine rings is 1. The molecule has 2 heterocycles. The van der Waals surface area contributed by atoms with Gasteiger partial charge in [-0.1, -0.05) is 0 Å². The van der Waals surface area contributed by atoms with Crippen molar-refractivity contribution in [1.82, 2.24) is 10.3 Å². The molecule has 0 bridgehead atoms. The van der Waals surface area contributed by atoms with Gasteiger partial charge in [-0.3, -0.25) is 10.1 Å². The molecule has 8 heteroatoms. The number of carbonyl (C=O) groups is 1. The molecule has 8 nitrogen and oxygen atoms in total. The zero-order valence-corrected chi connectivity index (χ0v) is 10.2. The minimum Gasteiger partial charge on any atom is -0.477 e. The summed E-state index contributed by atoms with van der Waals surface area (Å²) in [5.74, 6) is -1.06. The fraction of sp³-hybridized carbons (Fsp3) is 0.455. The number of rotatable bonds is 3. The summed E-state index contributed by atoms with van der Waals surface area (Å²) in [6.07, 6.45) is 0.829. The van der Waals surface area contributed by atoms with E-state index in [2.05, 4.69) is 10.3 Å². The summed E-state index contributed by atoms with van der Waals surface area (Å²) in [5.41, 5.74) is -0.343. The predicted molar refractivity (Wildman–Crippen MR) is 67.6 cm³/mol. The lowest BCUT2D eigenvalue weighted by atomic mass is 10.3. The monoisotopic (exact) mass is 266 g/mol. The normalized spacial score (nSPS) is 15.9. The topological polar surface area (TPSA) is 109 Å². The molecule has 0 radical (unpaired) electrons. The zero-order valence-electron chi connectivity index (χ0n) is 10.2. The average molecular weight is 266 g/mol. The van der Waals surface area contributed by atoms with Gasteiger partial charge in [-0.25, -0.2) is 9.78 Å². The molecule has 1 fully saturated rings. The molecule has 2 N–H and O–H groups in total. The smallest absolute Gasteiger partial charge is 0.354 e. The van der Waals surface area contributed by atoms with Crippen molar-refractivity contribution in [2.75, 3.05) is 31.1 Å². The van der Waals surface area contributed by atoms with Crippen LogP contribution in [-0.4, -0.2) is 47.2 Å².